The Morgan fingerprint density at radius 2 is 0.579 bits per heavy atom. The van der Waals surface area contributed by atoms with Crippen LogP contribution in [-0.2, 0) is 73.4 Å². The third kappa shape index (κ3) is 21.2. The molecule has 0 N–H and O–H groups in total. The number of imide groups is 2. The molecule has 4 aliphatic carbocycles. The van der Waals surface area contributed by atoms with Crippen LogP contribution in [0.5, 0.6) is 46.0 Å². The quantitative estimate of drug-likeness (QED) is 0.00522. The van der Waals surface area contributed by atoms with E-state index in [4.69, 9.17) is 72.7 Å². The van der Waals surface area contributed by atoms with Crippen LogP contribution in [0.3, 0.4) is 0 Å². The lowest BCUT2D eigenvalue weighted by Gasteiger charge is -2.45. The monoisotopic (exact) mass is 1880 g/mol. The molecule has 31 heteroatoms. The number of carbonyl (C=O) groups is 10. The molecule has 6 aliphatic rings. The molecule has 6 amide bonds. The van der Waals surface area contributed by atoms with Crippen molar-refractivity contribution in [3.8, 4) is 46.0 Å². The van der Waals surface area contributed by atoms with Crippen molar-refractivity contribution in [1.82, 2.24) is 19.6 Å². The summed E-state index contributed by atoms with van der Waals surface area (Å²) >= 11 is 17.6. The minimum absolute atomic E-state index is 0.00551. The summed E-state index contributed by atoms with van der Waals surface area (Å²) in [5.41, 5.74) is 0.287. The van der Waals surface area contributed by atoms with Gasteiger partial charge >= 0.3 is 36.2 Å². The first-order chi connectivity index (χ1) is 63.7. The Balaban J connectivity index is 1.05. The second-order valence-electron chi connectivity index (χ2n) is 34.5. The van der Waals surface area contributed by atoms with Gasteiger partial charge in [-0.1, -0.05) is 199 Å². The Kier molecular flexibility index (Phi) is 29.4. The van der Waals surface area contributed by atoms with Gasteiger partial charge in [0.2, 0.25) is 11.8 Å². The van der Waals surface area contributed by atoms with Crippen molar-refractivity contribution in [2.45, 2.75) is 216 Å². The summed E-state index contributed by atoms with van der Waals surface area (Å²) in [4.78, 5) is 154. The van der Waals surface area contributed by atoms with E-state index in [0.29, 0.717) is 135 Å². The number of hydrogen-bond donors (Lipinski definition) is 0. The normalized spacial score (nSPS) is 16.3. The van der Waals surface area contributed by atoms with Crippen molar-refractivity contribution in [3.05, 3.63) is 225 Å². The third-order valence-electron chi connectivity index (χ3n) is 25.7. The Labute approximate surface area is 778 Å². The van der Waals surface area contributed by atoms with Gasteiger partial charge in [-0.25, -0.2) is 19.2 Å². The van der Waals surface area contributed by atoms with Gasteiger partial charge in [0.05, 0.1) is 67.1 Å². The summed E-state index contributed by atoms with van der Waals surface area (Å²) in [5.74, 6) is -12.6. The number of nitrogens with zero attached hydrogens (tertiary/aromatic N) is 4. The molecule has 9 aromatic rings. The zero-order valence-corrected chi connectivity index (χ0v) is 75.1. The Morgan fingerprint density at radius 3 is 0.789 bits per heavy atom. The first-order valence-electron chi connectivity index (χ1n) is 44.7. The van der Waals surface area contributed by atoms with Gasteiger partial charge in [0, 0.05) is 92.9 Å². The van der Waals surface area contributed by atoms with E-state index in [-0.39, 0.29) is 162 Å². The fraction of sp³-hybridized carbons (Fsp3) is 0.373. The number of fused-ring (bicyclic) bond motifs is 2. The molecule has 15 rings (SSSR count). The van der Waals surface area contributed by atoms with E-state index in [1.165, 1.54) is 88.7 Å². The number of benzene rings is 9. The van der Waals surface area contributed by atoms with E-state index in [0.717, 1.165) is 25.7 Å². The molecular formula is C102H97Cl3F6N4O18. The Morgan fingerprint density at radius 1 is 0.353 bits per heavy atom. The van der Waals surface area contributed by atoms with Crippen LogP contribution in [0.4, 0.5) is 26.3 Å². The van der Waals surface area contributed by atoms with Crippen molar-refractivity contribution < 1.29 is 112 Å². The smallest absolute Gasteiger partial charge is 0.391 e. The van der Waals surface area contributed by atoms with Crippen molar-refractivity contribution in [3.63, 3.8) is 0 Å². The molecule has 9 aromatic carbocycles. The number of ether oxygens (including phenoxy) is 8. The highest BCUT2D eigenvalue weighted by molar-refractivity contribution is 6.46. The lowest BCUT2D eigenvalue weighted by molar-refractivity contribution is -0.162. The van der Waals surface area contributed by atoms with Crippen molar-refractivity contribution >= 4 is 137 Å². The van der Waals surface area contributed by atoms with E-state index in [9.17, 15) is 19.2 Å². The number of carbonyl (C=O) groups excluding carboxylic acids is 10. The third-order valence-corrected chi connectivity index (χ3v) is 26.1. The molecule has 2 atom stereocenters. The number of hydrogen-bond acceptors (Lipinski definition) is 18. The summed E-state index contributed by atoms with van der Waals surface area (Å²) in [6.07, 6.45) is -0.802. The minimum atomic E-state index is -5.22. The largest absolute Gasteiger partial charge is 0.462 e. The van der Waals surface area contributed by atoms with Gasteiger partial charge < -0.3 is 47.7 Å². The van der Waals surface area contributed by atoms with E-state index < -0.39 is 143 Å². The molecular weight excluding hydrogens is 1790 g/mol. The highest BCUT2D eigenvalue weighted by Gasteiger charge is 2.53. The molecule has 2 unspecified atom stereocenters. The maximum Gasteiger partial charge on any atom is 0.391 e. The standard InChI is InChI=1S/C102H97Cl3F6N4O18/c1-6-57(2)97(122)126-47-43-61-27-35-69(36-28-61)130-79-51-73-83-74(92(117)114(91(73)116)77(55-101(106,107)108)95(120)112(65-19-11-7-12-20-65)66-21-13-8-14-22-66)53-81(132-71-39-31-63(32-40-71)45-49-128-99(124)59(4)104)87-88-82(133-72-41-33-64(34-42-72)46-50-129-100(125)60(5)105)54-76-84-75(52-80(86(90(84)88)85(79)89(83)87)131-70-37-29-62(30-38-70)44-48-127-98(123)58(3)103)93(118)115(94(76)119)78(56-102(109,110)111)96(121)113(67-23-15-9-16-24-67)68-25-17-10-18-26-68/h6,27-42,51-54,65-68,77-78H,1-5,7-26,43-50,55-56H2. The summed E-state index contributed by atoms with van der Waals surface area (Å²) in [7, 11) is 0. The molecule has 22 nitrogen and oxygen atoms in total. The number of rotatable bonds is 35. The highest BCUT2D eigenvalue weighted by Crippen LogP contribution is 2.59. The SMILES string of the molecule is C=CC(=C)C(=O)OCCc1ccc(Oc2cc3c4c(cc(Oc5ccc(CCOC(=O)C(=C)Cl)cc5)c5c6c(Oc7ccc(CCOC(=O)C(=C)Cl)cc7)cc7c8c(cc(Oc9ccc(CCOC(=O)C(=C)Cl)cc9)c(c2c45)c86)C(=O)N(C(CC(F)(F)F)C(=O)N(C2CCCCC2)C2CCCCC2)C7=O)C(=O)N(C(CC(F)(F)F)C(=O)N(C2CCCCC2)C2CCCCC2)C3=O)cc1. The molecule has 0 saturated heterocycles. The molecule has 0 aromatic heterocycles. The van der Waals surface area contributed by atoms with Crippen molar-refractivity contribution in [1.29, 1.82) is 0 Å². The first-order valence-corrected chi connectivity index (χ1v) is 45.9. The van der Waals surface area contributed by atoms with Crippen molar-refractivity contribution in [2.24, 2.45) is 0 Å². The number of halogens is 9. The van der Waals surface area contributed by atoms with Gasteiger partial charge in [0.1, 0.15) is 73.2 Å². The minimum Gasteiger partial charge on any atom is -0.462 e. The molecule has 2 aliphatic heterocycles. The molecule has 696 valence electrons. The van der Waals surface area contributed by atoms with Crippen LogP contribution in [-0.4, -0.2) is 154 Å². The Bertz CT molecular complexity index is 5550. The van der Waals surface area contributed by atoms with E-state index >= 15 is 55.1 Å². The van der Waals surface area contributed by atoms with Crippen LogP contribution in [0.1, 0.15) is 205 Å². The van der Waals surface area contributed by atoms with Crippen LogP contribution >= 0.6 is 34.8 Å². The average Bonchev–Trinajstić information content (AvgIpc) is 0.668. The molecule has 0 spiro atoms. The fourth-order valence-corrected chi connectivity index (χ4v) is 19.6. The fourth-order valence-electron chi connectivity index (χ4n) is 19.4. The van der Waals surface area contributed by atoms with Gasteiger partial charge in [-0.3, -0.25) is 38.6 Å². The average molecular weight is 1890 g/mol. The van der Waals surface area contributed by atoms with E-state index in [1.807, 2.05) is 0 Å². The second-order valence-corrected chi connectivity index (χ2v) is 35.8. The molecule has 4 fully saturated rings. The van der Waals surface area contributed by atoms with E-state index in [2.05, 4.69) is 32.9 Å². The van der Waals surface area contributed by atoms with Crippen molar-refractivity contribution in [2.75, 3.05) is 26.4 Å². The van der Waals surface area contributed by atoms with Gasteiger partial charge in [0.15, 0.2) is 0 Å². The molecule has 2 heterocycles. The molecule has 133 heavy (non-hydrogen) atoms. The number of alkyl halides is 6. The van der Waals surface area contributed by atoms with Crippen LogP contribution in [0.25, 0.3) is 43.1 Å². The maximum absolute atomic E-state index is 16.9. The topological polar surface area (TPSA) is 258 Å². The predicted octanol–water partition coefficient (Wildman–Crippen LogP) is 23.1. The Hall–Kier alpha value is -12.3. The number of amides is 6. The lowest BCUT2D eigenvalue weighted by atomic mass is 9.80. The summed E-state index contributed by atoms with van der Waals surface area (Å²) < 4.78 is 147. The van der Waals surface area contributed by atoms with Gasteiger partial charge in [-0.05, 0) is 146 Å². The van der Waals surface area contributed by atoms with Gasteiger partial charge in [0.25, 0.3) is 23.6 Å². The molecule has 0 radical (unpaired) electrons. The first kappa shape index (κ1) is 95.3. The van der Waals surface area contributed by atoms with Gasteiger partial charge in [-0.15, -0.1) is 0 Å². The highest BCUT2D eigenvalue weighted by atomic mass is 35.5. The summed E-state index contributed by atoms with van der Waals surface area (Å²) in [6.45, 7) is 16.9. The van der Waals surface area contributed by atoms with Crippen LogP contribution in [0.2, 0.25) is 0 Å². The zero-order valence-electron chi connectivity index (χ0n) is 72.9. The maximum atomic E-state index is 16.9. The second kappa shape index (κ2) is 41.1. The number of esters is 4. The van der Waals surface area contributed by atoms with Crippen LogP contribution in [0, 0.1) is 0 Å². The lowest BCUT2D eigenvalue weighted by Crippen LogP contribution is -2.60. The molecule has 4 saturated carbocycles. The summed E-state index contributed by atoms with van der Waals surface area (Å²) in [6, 6.07) is 22.4. The zero-order chi connectivity index (χ0) is 94.4. The predicted molar refractivity (Wildman–Crippen MR) is 488 cm³/mol. The summed E-state index contributed by atoms with van der Waals surface area (Å²) in [5, 5.41) is -2.60. The molecule has 0 bridgehead atoms. The van der Waals surface area contributed by atoms with Crippen LogP contribution in [0.15, 0.2) is 181 Å². The van der Waals surface area contributed by atoms with Crippen LogP contribution < -0.4 is 18.9 Å². The van der Waals surface area contributed by atoms with Gasteiger partial charge in [-0.2, -0.15) is 26.3 Å². The van der Waals surface area contributed by atoms with E-state index in [1.54, 1.807) is 48.5 Å².